The van der Waals surface area contributed by atoms with Gasteiger partial charge in [0.1, 0.15) is 12.1 Å². The molecule has 0 unspecified atom stereocenters. The Morgan fingerprint density at radius 1 is 0.969 bits per heavy atom. The van der Waals surface area contributed by atoms with Crippen LogP contribution in [0.25, 0.3) is 21.8 Å². The lowest BCUT2D eigenvalue weighted by Crippen LogP contribution is -2.45. The van der Waals surface area contributed by atoms with Crippen LogP contribution >= 0.6 is 0 Å². The molecule has 2 aromatic heterocycles. The SMILES string of the molecule is C[C@H]1C[C@H](C)CN(C(=O)Cn2ncc3c4ccccc4n(Cc4ccccc4)c3c2=O)C1. The number of likely N-dealkylation sites (tertiary alicyclic amines) is 1. The lowest BCUT2D eigenvalue weighted by atomic mass is 9.92. The van der Waals surface area contributed by atoms with Gasteiger partial charge in [-0.05, 0) is 29.9 Å². The van der Waals surface area contributed by atoms with Crippen LogP contribution in [0.2, 0.25) is 0 Å². The molecule has 32 heavy (non-hydrogen) atoms. The average molecular weight is 429 g/mol. The van der Waals surface area contributed by atoms with Gasteiger partial charge in [0.2, 0.25) is 5.91 Å². The van der Waals surface area contributed by atoms with Crippen molar-refractivity contribution in [1.82, 2.24) is 19.2 Å². The average Bonchev–Trinajstić information content (AvgIpc) is 3.10. The predicted molar refractivity (Wildman–Crippen MR) is 127 cm³/mol. The molecule has 0 spiro atoms. The molecule has 0 radical (unpaired) electrons. The van der Waals surface area contributed by atoms with Crippen molar-refractivity contribution in [2.24, 2.45) is 11.8 Å². The first-order chi connectivity index (χ1) is 15.5. The molecule has 5 rings (SSSR count). The van der Waals surface area contributed by atoms with E-state index in [0.29, 0.717) is 23.9 Å². The molecule has 0 saturated carbocycles. The van der Waals surface area contributed by atoms with Crippen molar-refractivity contribution in [2.75, 3.05) is 13.1 Å². The fraction of sp³-hybridized carbons (Fsp3) is 0.346. The molecule has 6 heteroatoms. The molecule has 3 heterocycles. The van der Waals surface area contributed by atoms with Gasteiger partial charge in [-0.3, -0.25) is 9.59 Å². The minimum Gasteiger partial charge on any atom is -0.341 e. The van der Waals surface area contributed by atoms with E-state index in [1.807, 2.05) is 47.4 Å². The maximum absolute atomic E-state index is 13.6. The third kappa shape index (κ3) is 3.70. The molecular weight excluding hydrogens is 400 g/mol. The zero-order chi connectivity index (χ0) is 22.2. The van der Waals surface area contributed by atoms with Crippen molar-refractivity contribution in [1.29, 1.82) is 0 Å². The van der Waals surface area contributed by atoms with Gasteiger partial charge in [0, 0.05) is 35.9 Å². The molecule has 164 valence electrons. The summed E-state index contributed by atoms with van der Waals surface area (Å²) in [6, 6.07) is 18.1. The Labute approximate surface area is 187 Å². The number of carbonyl (C=O) groups excluding carboxylic acids is 1. The summed E-state index contributed by atoms with van der Waals surface area (Å²) in [5.74, 6) is 0.912. The Morgan fingerprint density at radius 2 is 1.66 bits per heavy atom. The Bertz CT molecular complexity index is 1330. The molecule has 6 nitrogen and oxygen atoms in total. The Balaban J connectivity index is 1.57. The number of carbonyl (C=O) groups is 1. The van der Waals surface area contributed by atoms with Crippen molar-refractivity contribution < 1.29 is 4.79 Å². The van der Waals surface area contributed by atoms with Crippen LogP contribution in [0.5, 0.6) is 0 Å². The van der Waals surface area contributed by atoms with E-state index in [1.54, 1.807) is 6.20 Å². The van der Waals surface area contributed by atoms with Crippen molar-refractivity contribution in [3.8, 4) is 0 Å². The summed E-state index contributed by atoms with van der Waals surface area (Å²) in [6.45, 7) is 6.39. The van der Waals surface area contributed by atoms with Crippen LogP contribution in [0.4, 0.5) is 0 Å². The van der Waals surface area contributed by atoms with E-state index in [0.717, 1.165) is 41.4 Å². The number of fused-ring (bicyclic) bond motifs is 3. The monoisotopic (exact) mass is 428 g/mol. The molecule has 0 aliphatic carbocycles. The Morgan fingerprint density at radius 3 is 2.41 bits per heavy atom. The van der Waals surface area contributed by atoms with Gasteiger partial charge in [-0.15, -0.1) is 0 Å². The first kappa shape index (κ1) is 20.5. The molecule has 1 fully saturated rings. The molecule has 0 bridgehead atoms. The van der Waals surface area contributed by atoms with E-state index in [1.165, 1.54) is 4.68 Å². The quantitative estimate of drug-likeness (QED) is 0.495. The topological polar surface area (TPSA) is 60.1 Å². The van der Waals surface area contributed by atoms with Crippen LogP contribution in [0.1, 0.15) is 25.8 Å². The van der Waals surface area contributed by atoms with Crippen LogP contribution in [0.15, 0.2) is 65.6 Å². The van der Waals surface area contributed by atoms with Crippen LogP contribution in [-0.2, 0) is 17.9 Å². The molecule has 1 amide bonds. The highest BCUT2D eigenvalue weighted by atomic mass is 16.2. The number of benzene rings is 2. The summed E-state index contributed by atoms with van der Waals surface area (Å²) in [4.78, 5) is 28.5. The third-order valence-electron chi connectivity index (χ3n) is 6.46. The zero-order valence-electron chi connectivity index (χ0n) is 18.6. The van der Waals surface area contributed by atoms with Crippen LogP contribution in [0, 0.1) is 11.8 Å². The normalized spacial score (nSPS) is 19.0. The number of aromatic nitrogens is 3. The van der Waals surface area contributed by atoms with E-state index in [2.05, 4.69) is 35.6 Å². The van der Waals surface area contributed by atoms with Crippen molar-refractivity contribution in [3.05, 3.63) is 76.7 Å². The smallest absolute Gasteiger partial charge is 0.291 e. The number of para-hydroxylation sites is 1. The summed E-state index contributed by atoms with van der Waals surface area (Å²) >= 11 is 0. The number of hydrogen-bond acceptors (Lipinski definition) is 3. The van der Waals surface area contributed by atoms with Crippen LogP contribution < -0.4 is 5.56 Å². The van der Waals surface area contributed by atoms with Crippen LogP contribution in [-0.4, -0.2) is 38.2 Å². The molecule has 2 aromatic carbocycles. The van der Waals surface area contributed by atoms with E-state index >= 15 is 0 Å². The number of nitrogens with zero attached hydrogens (tertiary/aromatic N) is 4. The molecule has 2 atom stereocenters. The van der Waals surface area contributed by atoms with E-state index < -0.39 is 0 Å². The second-order valence-corrected chi connectivity index (χ2v) is 9.20. The Hall–Kier alpha value is -3.41. The lowest BCUT2D eigenvalue weighted by Gasteiger charge is -2.35. The molecule has 1 saturated heterocycles. The van der Waals surface area contributed by atoms with Crippen molar-refractivity contribution in [2.45, 2.75) is 33.4 Å². The minimum absolute atomic E-state index is 0.0267. The molecule has 0 N–H and O–H groups in total. The number of rotatable bonds is 4. The fourth-order valence-corrected chi connectivity index (χ4v) is 5.13. The standard InChI is InChI=1S/C26H28N4O2/c1-18-12-19(2)15-28(14-18)24(31)17-30-26(32)25-22(13-27-30)21-10-6-7-11-23(21)29(25)16-20-8-4-3-5-9-20/h3-11,13,18-19H,12,14-17H2,1-2H3/t18-,19-/m0/s1. The molecular formula is C26H28N4O2. The largest absolute Gasteiger partial charge is 0.341 e. The van der Waals surface area contributed by atoms with E-state index in [9.17, 15) is 9.59 Å². The van der Waals surface area contributed by atoms with Gasteiger partial charge in [-0.1, -0.05) is 62.4 Å². The summed E-state index contributed by atoms with van der Waals surface area (Å²) in [5.41, 5.74) is 2.48. The number of piperidine rings is 1. The van der Waals surface area contributed by atoms with Crippen molar-refractivity contribution in [3.63, 3.8) is 0 Å². The van der Waals surface area contributed by atoms with Crippen molar-refractivity contribution >= 4 is 27.7 Å². The van der Waals surface area contributed by atoms with E-state index in [-0.39, 0.29) is 18.0 Å². The summed E-state index contributed by atoms with van der Waals surface area (Å²) in [5, 5.41) is 6.22. The zero-order valence-corrected chi connectivity index (χ0v) is 18.6. The third-order valence-corrected chi connectivity index (χ3v) is 6.46. The van der Waals surface area contributed by atoms with E-state index in [4.69, 9.17) is 0 Å². The summed E-state index contributed by atoms with van der Waals surface area (Å²) in [7, 11) is 0. The van der Waals surface area contributed by atoms with Gasteiger partial charge in [-0.25, -0.2) is 4.68 Å². The maximum Gasteiger partial charge on any atom is 0.291 e. The fourth-order valence-electron chi connectivity index (χ4n) is 5.13. The first-order valence-corrected chi connectivity index (χ1v) is 11.3. The predicted octanol–water partition coefficient (Wildman–Crippen LogP) is 3.90. The second-order valence-electron chi connectivity index (χ2n) is 9.20. The maximum atomic E-state index is 13.6. The summed E-state index contributed by atoms with van der Waals surface area (Å²) in [6.07, 6.45) is 2.86. The highest BCUT2D eigenvalue weighted by Gasteiger charge is 2.26. The highest BCUT2D eigenvalue weighted by molar-refractivity contribution is 6.07. The number of amides is 1. The molecule has 4 aromatic rings. The highest BCUT2D eigenvalue weighted by Crippen LogP contribution is 2.27. The summed E-state index contributed by atoms with van der Waals surface area (Å²) < 4.78 is 3.38. The van der Waals surface area contributed by atoms with Crippen LogP contribution in [0.3, 0.4) is 0 Å². The van der Waals surface area contributed by atoms with Gasteiger partial charge in [-0.2, -0.15) is 5.10 Å². The van der Waals surface area contributed by atoms with Gasteiger partial charge in [0.05, 0.1) is 6.20 Å². The van der Waals surface area contributed by atoms with Gasteiger partial charge in [0.25, 0.3) is 5.56 Å². The van der Waals surface area contributed by atoms with Gasteiger partial charge < -0.3 is 9.47 Å². The second kappa shape index (κ2) is 8.26. The lowest BCUT2D eigenvalue weighted by molar-refractivity contribution is -0.134. The molecule has 1 aliphatic rings. The molecule has 1 aliphatic heterocycles. The van der Waals surface area contributed by atoms with Gasteiger partial charge >= 0.3 is 0 Å². The Kier molecular flexibility index (Phi) is 5.29. The number of hydrogen-bond donors (Lipinski definition) is 0. The first-order valence-electron chi connectivity index (χ1n) is 11.3. The van der Waals surface area contributed by atoms with Gasteiger partial charge in [0.15, 0.2) is 0 Å². The minimum atomic E-state index is -0.221.